The van der Waals surface area contributed by atoms with Gasteiger partial charge in [0.25, 0.3) is 0 Å². The third-order valence-corrected chi connectivity index (χ3v) is 3.68. The minimum atomic E-state index is -0.516. The molecule has 2 aromatic carbocycles. The van der Waals surface area contributed by atoms with Crippen LogP contribution >= 0.6 is 0 Å². The highest BCUT2D eigenvalue weighted by atomic mass is 19.1. The number of hydrogen-bond acceptors (Lipinski definition) is 2. The van der Waals surface area contributed by atoms with Gasteiger partial charge < -0.3 is 10.2 Å². The second-order valence-electron chi connectivity index (χ2n) is 5.20. The normalized spacial score (nSPS) is 12.4. The van der Waals surface area contributed by atoms with Crippen molar-refractivity contribution < 1.29 is 19.0 Å². The molecule has 21 heavy (non-hydrogen) atoms. The molecule has 0 bridgehead atoms. The first kappa shape index (κ1) is 15.3. The van der Waals surface area contributed by atoms with Gasteiger partial charge in [-0.1, -0.05) is 19.9 Å². The summed E-state index contributed by atoms with van der Waals surface area (Å²) in [7, 11) is 0. The smallest absolute Gasteiger partial charge is 0.130 e. The van der Waals surface area contributed by atoms with Crippen molar-refractivity contribution >= 4 is 0 Å². The minimum absolute atomic E-state index is 0.0406. The number of rotatable bonds is 4. The molecule has 0 aliphatic carbocycles. The Morgan fingerprint density at radius 1 is 1.00 bits per heavy atom. The lowest BCUT2D eigenvalue weighted by atomic mass is 9.91. The van der Waals surface area contributed by atoms with E-state index < -0.39 is 17.6 Å². The van der Waals surface area contributed by atoms with Crippen LogP contribution in [0, 0.1) is 11.6 Å². The summed E-state index contributed by atoms with van der Waals surface area (Å²) in [4.78, 5) is 0. The van der Waals surface area contributed by atoms with Crippen molar-refractivity contribution in [1.82, 2.24) is 0 Å². The summed E-state index contributed by atoms with van der Waals surface area (Å²) in [5.74, 6) is -1.45. The molecule has 2 nitrogen and oxygen atoms in total. The van der Waals surface area contributed by atoms with Gasteiger partial charge in [-0.3, -0.25) is 0 Å². The number of aryl methyl sites for hydroxylation is 1. The molecule has 0 spiro atoms. The lowest BCUT2D eigenvalue weighted by Crippen LogP contribution is -2.04. The van der Waals surface area contributed by atoms with Gasteiger partial charge in [-0.2, -0.15) is 0 Å². The molecule has 4 heteroatoms. The summed E-state index contributed by atoms with van der Waals surface area (Å²) in [5, 5.41) is 19.6. The van der Waals surface area contributed by atoms with Crippen molar-refractivity contribution in [2.75, 3.05) is 0 Å². The molecule has 0 heterocycles. The largest absolute Gasteiger partial charge is 0.508 e. The fourth-order valence-electron chi connectivity index (χ4n) is 2.53. The highest BCUT2D eigenvalue weighted by molar-refractivity contribution is 5.40. The van der Waals surface area contributed by atoms with E-state index in [1.807, 2.05) is 6.92 Å². The molecule has 0 amide bonds. The zero-order valence-corrected chi connectivity index (χ0v) is 12.0. The zero-order valence-electron chi connectivity index (χ0n) is 12.0. The first-order valence-electron chi connectivity index (χ1n) is 6.91. The van der Waals surface area contributed by atoms with Gasteiger partial charge in [0.2, 0.25) is 0 Å². The first-order valence-corrected chi connectivity index (χ1v) is 6.91. The second-order valence-corrected chi connectivity index (χ2v) is 5.20. The van der Waals surface area contributed by atoms with Gasteiger partial charge in [0.05, 0.1) is 0 Å². The quantitative estimate of drug-likeness (QED) is 0.882. The third-order valence-electron chi connectivity index (χ3n) is 3.68. The molecule has 0 aliphatic rings. The Hall–Kier alpha value is -2.10. The Labute approximate surface area is 122 Å². The molecule has 1 unspecified atom stereocenters. The number of halogens is 2. The fourth-order valence-corrected chi connectivity index (χ4v) is 2.53. The molecular weight excluding hydrogens is 274 g/mol. The van der Waals surface area contributed by atoms with Gasteiger partial charge in [-0.25, -0.2) is 8.78 Å². The van der Waals surface area contributed by atoms with Crippen LogP contribution in [0.15, 0.2) is 30.3 Å². The average Bonchev–Trinajstić information content (AvgIpc) is 2.42. The van der Waals surface area contributed by atoms with E-state index in [1.54, 1.807) is 6.92 Å². The van der Waals surface area contributed by atoms with Gasteiger partial charge >= 0.3 is 0 Å². The molecule has 0 saturated carbocycles. The van der Waals surface area contributed by atoms with E-state index in [0.29, 0.717) is 17.5 Å². The predicted octanol–water partition coefficient (Wildman–Crippen LogP) is 4.28. The van der Waals surface area contributed by atoms with Crippen molar-refractivity contribution in [1.29, 1.82) is 0 Å². The second kappa shape index (κ2) is 6.12. The highest BCUT2D eigenvalue weighted by Crippen LogP contribution is 2.32. The van der Waals surface area contributed by atoms with Crippen LogP contribution in [0.2, 0.25) is 0 Å². The van der Waals surface area contributed by atoms with Crippen LogP contribution < -0.4 is 0 Å². The maximum absolute atomic E-state index is 14.0. The first-order chi connectivity index (χ1) is 9.93. The lowest BCUT2D eigenvalue weighted by molar-refractivity contribution is 0.448. The fraction of sp³-hybridized carbons (Fsp3) is 0.294. The van der Waals surface area contributed by atoms with Crippen molar-refractivity contribution in [3.05, 3.63) is 58.7 Å². The summed E-state index contributed by atoms with van der Waals surface area (Å²) < 4.78 is 27.8. The monoisotopic (exact) mass is 292 g/mol. The zero-order chi connectivity index (χ0) is 15.6. The SMILES string of the molecule is CCc1cc(F)c(CC(C)c2c(O)cccc2F)cc1O. The van der Waals surface area contributed by atoms with E-state index in [4.69, 9.17) is 0 Å². The van der Waals surface area contributed by atoms with Gasteiger partial charge in [0.1, 0.15) is 23.1 Å². The molecule has 0 saturated heterocycles. The van der Waals surface area contributed by atoms with Gasteiger partial charge in [-0.15, -0.1) is 0 Å². The van der Waals surface area contributed by atoms with Crippen LogP contribution in [-0.4, -0.2) is 10.2 Å². The van der Waals surface area contributed by atoms with E-state index in [2.05, 4.69) is 0 Å². The van der Waals surface area contributed by atoms with Gasteiger partial charge in [0, 0.05) is 5.56 Å². The van der Waals surface area contributed by atoms with Crippen LogP contribution in [0.3, 0.4) is 0 Å². The van der Waals surface area contributed by atoms with Crippen molar-refractivity contribution in [3.63, 3.8) is 0 Å². The summed E-state index contributed by atoms with van der Waals surface area (Å²) in [5.41, 5.74) is 1.01. The molecule has 2 aromatic rings. The van der Waals surface area contributed by atoms with E-state index in [1.165, 1.54) is 30.3 Å². The van der Waals surface area contributed by atoms with Gasteiger partial charge in [0.15, 0.2) is 0 Å². The summed E-state index contributed by atoms with van der Waals surface area (Å²) >= 11 is 0. The summed E-state index contributed by atoms with van der Waals surface area (Å²) in [6.45, 7) is 3.54. The Bertz CT molecular complexity index is 633. The number of phenolic OH excluding ortho intramolecular Hbond substituents is 2. The maximum Gasteiger partial charge on any atom is 0.130 e. The number of hydrogen-bond donors (Lipinski definition) is 2. The standard InChI is InChI=1S/C17H18F2O2/c1-3-11-8-14(19)12(9-16(11)21)7-10(2)17-13(18)5-4-6-15(17)20/h4-6,8-10,20-21H,3,7H2,1-2H3. The summed E-state index contributed by atoms with van der Waals surface area (Å²) in [6.07, 6.45) is 0.727. The van der Waals surface area contributed by atoms with Crippen LogP contribution in [0.4, 0.5) is 8.78 Å². The molecule has 1 atom stereocenters. The van der Waals surface area contributed by atoms with Crippen LogP contribution in [0.25, 0.3) is 0 Å². The van der Waals surface area contributed by atoms with Crippen molar-refractivity contribution in [2.24, 2.45) is 0 Å². The summed E-state index contributed by atoms with van der Waals surface area (Å²) in [6, 6.07) is 6.77. The molecule has 0 fully saturated rings. The lowest BCUT2D eigenvalue weighted by Gasteiger charge is -2.16. The topological polar surface area (TPSA) is 40.5 Å². The molecular formula is C17H18F2O2. The Morgan fingerprint density at radius 3 is 2.33 bits per heavy atom. The predicted molar refractivity (Wildman–Crippen MR) is 77.6 cm³/mol. The number of benzene rings is 2. The van der Waals surface area contributed by atoms with Crippen LogP contribution in [0.5, 0.6) is 11.5 Å². The van der Waals surface area contributed by atoms with E-state index >= 15 is 0 Å². The van der Waals surface area contributed by atoms with Crippen LogP contribution in [0.1, 0.15) is 36.5 Å². The van der Waals surface area contributed by atoms with E-state index in [0.717, 1.165) is 0 Å². The van der Waals surface area contributed by atoms with Crippen LogP contribution in [-0.2, 0) is 12.8 Å². The minimum Gasteiger partial charge on any atom is -0.508 e. The number of aromatic hydroxyl groups is 2. The van der Waals surface area contributed by atoms with E-state index in [-0.39, 0.29) is 23.5 Å². The van der Waals surface area contributed by atoms with Crippen molar-refractivity contribution in [2.45, 2.75) is 32.6 Å². The molecule has 2 rings (SSSR count). The Kier molecular flexibility index (Phi) is 4.46. The molecule has 112 valence electrons. The number of phenols is 2. The van der Waals surface area contributed by atoms with Gasteiger partial charge in [-0.05, 0) is 54.2 Å². The molecule has 0 aliphatic heterocycles. The average molecular weight is 292 g/mol. The Balaban J connectivity index is 2.32. The maximum atomic E-state index is 14.0. The van der Waals surface area contributed by atoms with Crippen molar-refractivity contribution in [3.8, 4) is 11.5 Å². The molecule has 0 radical (unpaired) electrons. The van der Waals surface area contributed by atoms with E-state index in [9.17, 15) is 19.0 Å². The highest BCUT2D eigenvalue weighted by Gasteiger charge is 2.18. The Morgan fingerprint density at radius 2 is 1.71 bits per heavy atom. The third kappa shape index (κ3) is 3.15. The molecule has 0 aromatic heterocycles. The molecule has 2 N–H and O–H groups in total.